The smallest absolute Gasteiger partial charge is 0.234 e. The van der Waals surface area contributed by atoms with Crippen molar-refractivity contribution in [3.63, 3.8) is 0 Å². The number of hydrogen-bond acceptors (Lipinski definition) is 3. The topological polar surface area (TPSA) is 37.4 Å². The van der Waals surface area contributed by atoms with Gasteiger partial charge in [-0.15, -0.1) is 11.8 Å². The summed E-state index contributed by atoms with van der Waals surface area (Å²) >= 11 is 1.62. The number of carbonyl (C=O) groups is 2. The lowest BCUT2D eigenvalue weighted by Gasteiger charge is -2.37. The van der Waals surface area contributed by atoms with E-state index in [-0.39, 0.29) is 17.2 Å². The van der Waals surface area contributed by atoms with Gasteiger partial charge < -0.3 is 0 Å². The summed E-state index contributed by atoms with van der Waals surface area (Å²) < 4.78 is 0. The Hall–Kier alpha value is -1.29. The lowest BCUT2D eigenvalue weighted by Crippen LogP contribution is -2.47. The monoisotopic (exact) mass is 289 g/mol. The van der Waals surface area contributed by atoms with Crippen LogP contribution in [0.4, 0.5) is 5.69 Å². The number of imide groups is 1. The summed E-state index contributed by atoms with van der Waals surface area (Å²) in [5.41, 5.74) is 0.696. The van der Waals surface area contributed by atoms with E-state index in [1.165, 1.54) is 4.90 Å². The van der Waals surface area contributed by atoms with Gasteiger partial charge in [0.1, 0.15) is 0 Å². The maximum absolute atomic E-state index is 12.5. The van der Waals surface area contributed by atoms with Crippen LogP contribution in [0, 0.1) is 5.41 Å². The summed E-state index contributed by atoms with van der Waals surface area (Å²) in [4.78, 5) is 27.4. The second-order valence-electron chi connectivity index (χ2n) is 5.89. The average Bonchev–Trinajstić information content (AvgIpc) is 2.86. The molecule has 20 heavy (non-hydrogen) atoms. The molecule has 1 heterocycles. The number of benzene rings is 1. The fraction of sp³-hybridized carbons (Fsp3) is 0.500. The van der Waals surface area contributed by atoms with Crippen molar-refractivity contribution in [3.8, 4) is 0 Å². The number of piperidine rings is 1. The highest BCUT2D eigenvalue weighted by atomic mass is 32.2. The molecule has 0 radical (unpaired) electrons. The molecule has 0 aromatic heterocycles. The molecular weight excluding hydrogens is 270 g/mol. The van der Waals surface area contributed by atoms with E-state index in [1.54, 1.807) is 11.8 Å². The van der Waals surface area contributed by atoms with Crippen LogP contribution >= 0.6 is 11.8 Å². The third-order valence-corrected chi connectivity index (χ3v) is 5.25. The van der Waals surface area contributed by atoms with Gasteiger partial charge in [-0.2, -0.15) is 0 Å². The molecular formula is C16H19NO2S. The van der Waals surface area contributed by atoms with E-state index in [4.69, 9.17) is 0 Å². The molecule has 1 saturated heterocycles. The number of hydrogen-bond donors (Lipinski definition) is 0. The van der Waals surface area contributed by atoms with E-state index in [9.17, 15) is 9.59 Å². The number of carbonyl (C=O) groups excluding carboxylic acids is 2. The Morgan fingerprint density at radius 1 is 1.10 bits per heavy atom. The summed E-state index contributed by atoms with van der Waals surface area (Å²) in [7, 11) is 0. The van der Waals surface area contributed by atoms with Crippen LogP contribution in [0.5, 0.6) is 0 Å². The number of amides is 2. The predicted octanol–water partition coefficient (Wildman–Crippen LogP) is 3.62. The van der Waals surface area contributed by atoms with Crippen LogP contribution in [0.1, 0.15) is 38.5 Å². The van der Waals surface area contributed by atoms with E-state index in [0.29, 0.717) is 12.8 Å². The van der Waals surface area contributed by atoms with Gasteiger partial charge in [-0.3, -0.25) is 14.5 Å². The second kappa shape index (κ2) is 5.24. The Kier molecular flexibility index (Phi) is 3.59. The quantitative estimate of drug-likeness (QED) is 0.616. The van der Waals surface area contributed by atoms with Crippen LogP contribution in [0.15, 0.2) is 29.2 Å². The van der Waals surface area contributed by atoms with Crippen molar-refractivity contribution in [1.82, 2.24) is 0 Å². The van der Waals surface area contributed by atoms with Crippen LogP contribution < -0.4 is 4.90 Å². The van der Waals surface area contributed by atoms with Crippen LogP contribution in [-0.4, -0.2) is 18.1 Å². The van der Waals surface area contributed by atoms with E-state index in [1.807, 2.05) is 30.5 Å². The molecule has 2 aliphatic rings. The van der Waals surface area contributed by atoms with Crippen molar-refractivity contribution in [3.05, 3.63) is 24.3 Å². The first-order valence-corrected chi connectivity index (χ1v) is 8.36. The van der Waals surface area contributed by atoms with Crippen molar-refractivity contribution in [2.75, 3.05) is 11.2 Å². The first-order valence-electron chi connectivity index (χ1n) is 7.13. The molecule has 2 amide bonds. The van der Waals surface area contributed by atoms with Gasteiger partial charge in [0.15, 0.2) is 0 Å². The van der Waals surface area contributed by atoms with E-state index in [0.717, 1.165) is 36.3 Å². The Bertz CT molecular complexity index is 529. The highest BCUT2D eigenvalue weighted by Crippen LogP contribution is 2.47. The number of thioether (sulfide) groups is 1. The van der Waals surface area contributed by atoms with Gasteiger partial charge >= 0.3 is 0 Å². The summed E-state index contributed by atoms with van der Waals surface area (Å²) in [6.45, 7) is 0. The minimum absolute atomic E-state index is 0.0260. The zero-order chi connectivity index (χ0) is 14.2. The number of rotatable bonds is 2. The van der Waals surface area contributed by atoms with Gasteiger partial charge in [-0.05, 0) is 42.7 Å². The van der Waals surface area contributed by atoms with Crippen molar-refractivity contribution in [2.45, 2.75) is 43.4 Å². The molecule has 0 bridgehead atoms. The molecule has 0 atom stereocenters. The molecule has 1 aliphatic carbocycles. The lowest BCUT2D eigenvalue weighted by atomic mass is 9.76. The first kappa shape index (κ1) is 13.7. The van der Waals surface area contributed by atoms with Crippen LogP contribution in [0.25, 0.3) is 0 Å². The van der Waals surface area contributed by atoms with Gasteiger partial charge in [-0.25, -0.2) is 0 Å². The predicted molar refractivity (Wildman–Crippen MR) is 80.9 cm³/mol. The molecule has 0 N–H and O–H groups in total. The van der Waals surface area contributed by atoms with E-state index in [2.05, 4.69) is 0 Å². The Morgan fingerprint density at radius 3 is 2.35 bits per heavy atom. The molecule has 106 valence electrons. The van der Waals surface area contributed by atoms with Crippen LogP contribution in [-0.2, 0) is 9.59 Å². The average molecular weight is 289 g/mol. The largest absolute Gasteiger partial charge is 0.274 e. The maximum atomic E-state index is 12.5. The number of anilines is 1. The molecule has 2 fully saturated rings. The molecule has 3 rings (SSSR count). The van der Waals surface area contributed by atoms with Gasteiger partial charge in [0.2, 0.25) is 11.8 Å². The van der Waals surface area contributed by atoms with Crippen LogP contribution in [0.2, 0.25) is 0 Å². The molecule has 1 aromatic rings. The zero-order valence-electron chi connectivity index (χ0n) is 11.7. The molecule has 1 saturated carbocycles. The summed E-state index contributed by atoms with van der Waals surface area (Å²) in [5, 5.41) is 0. The standard InChI is InChI=1S/C16H19NO2S/c1-20-13-6-4-5-12(9-13)17-14(18)10-16(11-15(17)19)7-2-3-8-16/h4-6,9H,2-3,7-8,10-11H2,1H3. The summed E-state index contributed by atoms with van der Waals surface area (Å²) in [6.07, 6.45) is 7.42. The highest BCUT2D eigenvalue weighted by Gasteiger charge is 2.45. The lowest BCUT2D eigenvalue weighted by molar-refractivity contribution is -0.133. The van der Waals surface area contributed by atoms with E-state index < -0.39 is 0 Å². The van der Waals surface area contributed by atoms with Crippen LogP contribution in [0.3, 0.4) is 0 Å². The molecule has 0 unspecified atom stereocenters. The van der Waals surface area contributed by atoms with Gasteiger partial charge in [0.25, 0.3) is 0 Å². The van der Waals surface area contributed by atoms with E-state index >= 15 is 0 Å². The van der Waals surface area contributed by atoms with Crippen molar-refractivity contribution < 1.29 is 9.59 Å². The molecule has 3 nitrogen and oxygen atoms in total. The minimum atomic E-state index is -0.0265. The SMILES string of the molecule is CSc1cccc(N2C(=O)CC3(CCCC3)CC2=O)c1. The third kappa shape index (κ3) is 2.37. The second-order valence-corrected chi connectivity index (χ2v) is 6.76. The fourth-order valence-electron chi connectivity index (χ4n) is 3.52. The Balaban J connectivity index is 1.87. The minimum Gasteiger partial charge on any atom is -0.274 e. The van der Waals surface area contributed by atoms with Gasteiger partial charge in [0, 0.05) is 17.7 Å². The normalized spacial score (nSPS) is 21.8. The zero-order valence-corrected chi connectivity index (χ0v) is 12.5. The van der Waals surface area contributed by atoms with Crippen molar-refractivity contribution in [1.29, 1.82) is 0 Å². The van der Waals surface area contributed by atoms with Gasteiger partial charge in [0.05, 0.1) is 5.69 Å². The summed E-state index contributed by atoms with van der Waals surface area (Å²) in [5.74, 6) is -0.0530. The third-order valence-electron chi connectivity index (χ3n) is 4.53. The Morgan fingerprint density at radius 2 is 1.75 bits per heavy atom. The molecule has 4 heteroatoms. The molecule has 1 spiro atoms. The highest BCUT2D eigenvalue weighted by molar-refractivity contribution is 7.98. The van der Waals surface area contributed by atoms with Crippen molar-refractivity contribution in [2.24, 2.45) is 5.41 Å². The fourth-order valence-corrected chi connectivity index (χ4v) is 3.97. The molecule has 1 aromatic carbocycles. The van der Waals surface area contributed by atoms with Crippen molar-refractivity contribution >= 4 is 29.3 Å². The first-order chi connectivity index (χ1) is 9.63. The Labute approximate surface area is 123 Å². The summed E-state index contributed by atoms with van der Waals surface area (Å²) in [6, 6.07) is 7.67. The molecule has 1 aliphatic heterocycles. The van der Waals surface area contributed by atoms with Gasteiger partial charge in [-0.1, -0.05) is 18.9 Å². The maximum Gasteiger partial charge on any atom is 0.234 e. The number of nitrogens with zero attached hydrogens (tertiary/aromatic N) is 1.